The first-order chi connectivity index (χ1) is 23.1. The number of hydrogen-bond donors (Lipinski definition) is 4. The zero-order valence-corrected chi connectivity index (χ0v) is 31.2. The summed E-state index contributed by atoms with van der Waals surface area (Å²) >= 11 is 0. The molecule has 0 aliphatic carbocycles. The van der Waals surface area contributed by atoms with E-state index in [1.165, 1.54) is 135 Å². The van der Waals surface area contributed by atoms with Crippen molar-refractivity contribution >= 4 is 5.91 Å². The Morgan fingerprint density at radius 3 is 1.30 bits per heavy atom. The fourth-order valence-corrected chi connectivity index (χ4v) is 5.98. The first-order valence-corrected chi connectivity index (χ1v) is 20.3. The van der Waals surface area contributed by atoms with Crippen LogP contribution in [0.5, 0.6) is 0 Å². The predicted octanol–water partition coefficient (Wildman–Crippen LogP) is 11.2. The third-order valence-corrected chi connectivity index (χ3v) is 9.21. The molecule has 3 atom stereocenters. The normalized spacial score (nSPS) is 14.1. The summed E-state index contributed by atoms with van der Waals surface area (Å²) in [5.74, 6) is -0.517. The Morgan fingerprint density at radius 1 is 0.511 bits per heavy atom. The van der Waals surface area contributed by atoms with Gasteiger partial charge in [-0.25, -0.2) is 0 Å². The monoisotopic (exact) mass is 662 g/mol. The second-order valence-corrected chi connectivity index (χ2v) is 13.8. The maximum Gasteiger partial charge on any atom is 0.249 e. The van der Waals surface area contributed by atoms with Crippen molar-refractivity contribution in [2.45, 2.75) is 218 Å². The number of rotatable bonds is 36. The molecule has 0 radical (unpaired) electrons. The van der Waals surface area contributed by atoms with Gasteiger partial charge in [0.05, 0.1) is 18.8 Å². The second-order valence-electron chi connectivity index (χ2n) is 13.8. The first-order valence-electron chi connectivity index (χ1n) is 20.3. The van der Waals surface area contributed by atoms with Gasteiger partial charge in [-0.15, -0.1) is 0 Å². The zero-order valence-electron chi connectivity index (χ0n) is 31.2. The number of carbonyl (C=O) groups excluding carboxylic acids is 1. The highest BCUT2D eigenvalue weighted by molar-refractivity contribution is 5.80. The highest BCUT2D eigenvalue weighted by Gasteiger charge is 2.22. The van der Waals surface area contributed by atoms with Gasteiger partial charge in [0.25, 0.3) is 0 Å². The molecule has 0 fully saturated rings. The zero-order chi connectivity index (χ0) is 34.5. The SMILES string of the molecule is CCCCCCCC/C=C/CC/C=C/CC/C=C/C(O)C(CO)NC(=O)C(O)CCCCCCCCCCCCCCCCCCC. The lowest BCUT2D eigenvalue weighted by Gasteiger charge is -2.21. The predicted molar refractivity (Wildman–Crippen MR) is 204 cm³/mol. The molecule has 276 valence electrons. The highest BCUT2D eigenvalue weighted by Crippen LogP contribution is 2.15. The molecule has 0 rings (SSSR count). The molecule has 0 aromatic rings. The van der Waals surface area contributed by atoms with Gasteiger partial charge >= 0.3 is 0 Å². The van der Waals surface area contributed by atoms with Gasteiger partial charge in [-0.3, -0.25) is 4.79 Å². The van der Waals surface area contributed by atoms with E-state index in [1.54, 1.807) is 6.08 Å². The van der Waals surface area contributed by atoms with Crippen LogP contribution in [0.1, 0.15) is 200 Å². The van der Waals surface area contributed by atoms with Crippen molar-refractivity contribution in [1.29, 1.82) is 0 Å². The summed E-state index contributed by atoms with van der Waals surface area (Å²) in [5, 5.41) is 33.0. The molecule has 5 heteroatoms. The molecule has 0 heterocycles. The van der Waals surface area contributed by atoms with E-state index >= 15 is 0 Å². The average molecular weight is 662 g/mol. The summed E-state index contributed by atoms with van der Waals surface area (Å²) < 4.78 is 0. The lowest BCUT2D eigenvalue weighted by molar-refractivity contribution is -0.131. The first kappa shape index (κ1) is 45.6. The van der Waals surface area contributed by atoms with Gasteiger partial charge in [0.15, 0.2) is 0 Å². The minimum absolute atomic E-state index is 0.380. The van der Waals surface area contributed by atoms with E-state index in [-0.39, 0.29) is 6.61 Å². The van der Waals surface area contributed by atoms with Gasteiger partial charge in [-0.1, -0.05) is 192 Å². The van der Waals surface area contributed by atoms with Crippen LogP contribution in [0.25, 0.3) is 0 Å². The molecule has 0 bridgehead atoms. The Labute approximate surface area is 292 Å². The van der Waals surface area contributed by atoms with Crippen LogP contribution < -0.4 is 5.32 Å². The van der Waals surface area contributed by atoms with Crippen LogP contribution in [0.15, 0.2) is 36.5 Å². The standard InChI is InChI=1S/C42H79NO4/c1-3-5-7-9-11-13-15-17-19-21-23-25-27-29-31-33-35-37-41(46)42(47)43-39(38-44)40(45)36-34-32-30-28-26-24-22-20-18-16-14-12-10-8-6-4-2/h18,20,26,28,34,36,39-41,44-46H,3-17,19,21-25,27,29-33,35,37-38H2,1-2H3,(H,43,47)/b20-18+,28-26+,36-34+. The Morgan fingerprint density at radius 2 is 0.872 bits per heavy atom. The molecule has 5 nitrogen and oxygen atoms in total. The molecule has 47 heavy (non-hydrogen) atoms. The minimum atomic E-state index is -1.10. The summed E-state index contributed by atoms with van der Waals surface area (Å²) in [6.45, 7) is 4.15. The third-order valence-electron chi connectivity index (χ3n) is 9.21. The van der Waals surface area contributed by atoms with Gasteiger partial charge in [-0.05, 0) is 44.9 Å². The van der Waals surface area contributed by atoms with Crippen LogP contribution in [-0.4, -0.2) is 46.1 Å². The van der Waals surface area contributed by atoms with Gasteiger partial charge in [0.2, 0.25) is 5.91 Å². The van der Waals surface area contributed by atoms with E-state index < -0.39 is 24.2 Å². The van der Waals surface area contributed by atoms with Crippen LogP contribution >= 0.6 is 0 Å². The number of allylic oxidation sites excluding steroid dienone is 5. The summed E-state index contributed by atoms with van der Waals surface area (Å²) in [6.07, 6.45) is 45.9. The van der Waals surface area contributed by atoms with Crippen LogP contribution in [-0.2, 0) is 4.79 Å². The molecule has 0 aromatic carbocycles. The topological polar surface area (TPSA) is 89.8 Å². The summed E-state index contributed by atoms with van der Waals surface area (Å²) in [6, 6.07) is -0.817. The summed E-state index contributed by atoms with van der Waals surface area (Å²) in [4.78, 5) is 12.4. The van der Waals surface area contributed by atoms with Crippen molar-refractivity contribution in [3.05, 3.63) is 36.5 Å². The fraction of sp³-hybridized carbons (Fsp3) is 0.833. The molecule has 4 N–H and O–H groups in total. The molecule has 1 amide bonds. The number of nitrogens with one attached hydrogen (secondary N) is 1. The van der Waals surface area contributed by atoms with Gasteiger partial charge in [0.1, 0.15) is 6.10 Å². The summed E-state index contributed by atoms with van der Waals surface area (Å²) in [5.41, 5.74) is 0. The molecule has 3 unspecified atom stereocenters. The minimum Gasteiger partial charge on any atom is -0.394 e. The summed E-state index contributed by atoms with van der Waals surface area (Å²) in [7, 11) is 0. The Kier molecular flexibility index (Phi) is 36.3. The molecule has 0 saturated heterocycles. The van der Waals surface area contributed by atoms with Crippen LogP contribution in [0, 0.1) is 0 Å². The van der Waals surface area contributed by atoms with E-state index in [9.17, 15) is 20.1 Å². The fourth-order valence-electron chi connectivity index (χ4n) is 5.98. The number of unbranched alkanes of at least 4 members (excludes halogenated alkanes) is 24. The van der Waals surface area contributed by atoms with Crippen molar-refractivity contribution in [2.75, 3.05) is 6.61 Å². The van der Waals surface area contributed by atoms with Crippen LogP contribution in [0.4, 0.5) is 0 Å². The van der Waals surface area contributed by atoms with E-state index in [2.05, 4.69) is 43.5 Å². The maximum absolute atomic E-state index is 12.4. The van der Waals surface area contributed by atoms with Gasteiger partial charge in [-0.2, -0.15) is 0 Å². The highest BCUT2D eigenvalue weighted by atomic mass is 16.3. The van der Waals surface area contributed by atoms with Crippen molar-refractivity contribution in [3.63, 3.8) is 0 Å². The van der Waals surface area contributed by atoms with E-state index in [0.29, 0.717) is 6.42 Å². The third kappa shape index (κ3) is 32.9. The van der Waals surface area contributed by atoms with Crippen molar-refractivity contribution in [1.82, 2.24) is 5.32 Å². The van der Waals surface area contributed by atoms with Crippen LogP contribution in [0.3, 0.4) is 0 Å². The smallest absolute Gasteiger partial charge is 0.249 e. The van der Waals surface area contributed by atoms with E-state index in [1.807, 2.05) is 6.08 Å². The lowest BCUT2D eigenvalue weighted by atomic mass is 10.0. The number of amides is 1. The Bertz CT molecular complexity index is 734. The largest absolute Gasteiger partial charge is 0.394 e. The van der Waals surface area contributed by atoms with Crippen LogP contribution in [0.2, 0.25) is 0 Å². The molecule has 0 spiro atoms. The average Bonchev–Trinajstić information content (AvgIpc) is 3.07. The Hall–Kier alpha value is -1.43. The molecular weight excluding hydrogens is 582 g/mol. The Balaban J connectivity index is 3.76. The van der Waals surface area contributed by atoms with E-state index in [4.69, 9.17) is 0 Å². The quantitative estimate of drug-likeness (QED) is 0.0397. The number of carbonyl (C=O) groups is 1. The molecular formula is C42H79NO4. The van der Waals surface area contributed by atoms with Crippen molar-refractivity contribution < 1.29 is 20.1 Å². The number of aliphatic hydroxyl groups is 3. The number of hydrogen-bond acceptors (Lipinski definition) is 4. The molecule has 0 aliphatic heterocycles. The number of aliphatic hydroxyl groups excluding tert-OH is 3. The maximum atomic E-state index is 12.4. The second kappa shape index (κ2) is 37.4. The van der Waals surface area contributed by atoms with E-state index in [0.717, 1.165) is 44.9 Å². The van der Waals surface area contributed by atoms with Gasteiger partial charge in [0, 0.05) is 0 Å². The molecule has 0 aliphatic rings. The molecule has 0 saturated carbocycles. The molecule has 0 aromatic heterocycles. The van der Waals surface area contributed by atoms with Crippen molar-refractivity contribution in [3.8, 4) is 0 Å². The lowest BCUT2D eigenvalue weighted by Crippen LogP contribution is -2.48. The van der Waals surface area contributed by atoms with Gasteiger partial charge < -0.3 is 20.6 Å². The van der Waals surface area contributed by atoms with Crippen molar-refractivity contribution in [2.24, 2.45) is 0 Å².